The van der Waals surface area contributed by atoms with E-state index in [-0.39, 0.29) is 11.6 Å². The number of benzene rings is 1. The first-order chi connectivity index (χ1) is 6.99. The Bertz CT molecular complexity index is 397. The fourth-order valence-electron chi connectivity index (χ4n) is 2.02. The third-order valence-electron chi connectivity index (χ3n) is 3.23. The maximum absolute atomic E-state index is 13.5. The van der Waals surface area contributed by atoms with Gasteiger partial charge >= 0.3 is 0 Å². The predicted molar refractivity (Wildman–Crippen MR) is 50.9 cm³/mol. The van der Waals surface area contributed by atoms with Gasteiger partial charge in [0.1, 0.15) is 0 Å². The summed E-state index contributed by atoms with van der Waals surface area (Å²) in [4.78, 5) is 0. The first kappa shape index (κ1) is 10.5. The largest absolute Gasteiger partial charge is 0.327 e. The molecule has 0 heterocycles. The summed E-state index contributed by atoms with van der Waals surface area (Å²) in [5.41, 5.74) is 5.46. The van der Waals surface area contributed by atoms with Crippen molar-refractivity contribution in [1.29, 1.82) is 0 Å². The molecule has 0 saturated heterocycles. The van der Waals surface area contributed by atoms with Gasteiger partial charge in [-0.1, -0.05) is 6.07 Å². The van der Waals surface area contributed by atoms with E-state index < -0.39 is 22.9 Å². The third kappa shape index (κ3) is 1.44. The van der Waals surface area contributed by atoms with Crippen LogP contribution in [0.25, 0.3) is 0 Å². The molecule has 2 N–H and O–H groups in total. The molecule has 1 fully saturated rings. The highest BCUT2D eigenvalue weighted by molar-refractivity contribution is 5.35. The zero-order valence-corrected chi connectivity index (χ0v) is 8.36. The van der Waals surface area contributed by atoms with Gasteiger partial charge in [-0.3, -0.25) is 0 Å². The lowest BCUT2D eigenvalue weighted by Gasteiger charge is -2.20. The summed E-state index contributed by atoms with van der Waals surface area (Å²) in [6.07, 6.45) is 1.46. The van der Waals surface area contributed by atoms with Gasteiger partial charge in [0.25, 0.3) is 0 Å². The molecule has 15 heavy (non-hydrogen) atoms. The van der Waals surface area contributed by atoms with Gasteiger partial charge in [0.2, 0.25) is 0 Å². The minimum absolute atomic E-state index is 0.205. The average Bonchev–Trinajstić information content (AvgIpc) is 2.95. The number of halogens is 3. The van der Waals surface area contributed by atoms with E-state index in [1.165, 1.54) is 6.07 Å². The Morgan fingerprint density at radius 2 is 1.80 bits per heavy atom. The fraction of sp³-hybridized carbons (Fsp3) is 0.455. The standard InChI is InChI=1S/C11H12F3N/c1-6(15)11(4-5-11)7-2-3-8(12)10(14)9(7)13/h2-3,6H,4-5,15H2,1H3. The summed E-state index contributed by atoms with van der Waals surface area (Å²) in [5, 5.41) is 0. The number of rotatable bonds is 2. The summed E-state index contributed by atoms with van der Waals surface area (Å²) < 4.78 is 39.2. The summed E-state index contributed by atoms with van der Waals surface area (Å²) in [6, 6.07) is 2.00. The fourth-order valence-corrected chi connectivity index (χ4v) is 2.02. The lowest BCUT2D eigenvalue weighted by molar-refractivity contribution is 0.424. The van der Waals surface area contributed by atoms with E-state index in [1.807, 2.05) is 0 Å². The molecule has 1 aliphatic rings. The summed E-state index contributed by atoms with van der Waals surface area (Å²) in [6.45, 7) is 1.76. The molecule has 1 atom stereocenters. The molecule has 1 aromatic carbocycles. The SMILES string of the molecule is CC(N)C1(c2ccc(F)c(F)c2F)CC1. The van der Waals surface area contributed by atoms with Gasteiger partial charge in [-0.15, -0.1) is 0 Å². The van der Waals surface area contributed by atoms with Gasteiger partial charge in [0.15, 0.2) is 17.5 Å². The minimum Gasteiger partial charge on any atom is -0.327 e. The Hall–Kier alpha value is -1.03. The summed E-state index contributed by atoms with van der Waals surface area (Å²) >= 11 is 0. The van der Waals surface area contributed by atoms with Crippen molar-refractivity contribution in [2.45, 2.75) is 31.2 Å². The van der Waals surface area contributed by atoms with Crippen LogP contribution in [-0.2, 0) is 5.41 Å². The normalized spacial score (nSPS) is 20.1. The van der Waals surface area contributed by atoms with Crippen LogP contribution in [0.15, 0.2) is 12.1 Å². The van der Waals surface area contributed by atoms with E-state index in [2.05, 4.69) is 0 Å². The Kier molecular flexibility index (Phi) is 2.26. The van der Waals surface area contributed by atoms with Crippen molar-refractivity contribution in [3.05, 3.63) is 35.1 Å². The number of nitrogens with two attached hydrogens (primary N) is 1. The maximum Gasteiger partial charge on any atom is 0.194 e. The van der Waals surface area contributed by atoms with Crippen LogP contribution in [-0.4, -0.2) is 6.04 Å². The number of hydrogen-bond acceptors (Lipinski definition) is 1. The highest BCUT2D eigenvalue weighted by atomic mass is 19.2. The van der Waals surface area contributed by atoms with E-state index in [9.17, 15) is 13.2 Å². The van der Waals surface area contributed by atoms with E-state index in [0.29, 0.717) is 0 Å². The monoisotopic (exact) mass is 215 g/mol. The van der Waals surface area contributed by atoms with Crippen LogP contribution in [0, 0.1) is 17.5 Å². The van der Waals surface area contributed by atoms with E-state index in [1.54, 1.807) is 6.92 Å². The van der Waals surface area contributed by atoms with Crippen LogP contribution >= 0.6 is 0 Å². The van der Waals surface area contributed by atoms with Crippen molar-refractivity contribution < 1.29 is 13.2 Å². The van der Waals surface area contributed by atoms with Crippen molar-refractivity contribution in [3.8, 4) is 0 Å². The van der Waals surface area contributed by atoms with Crippen LogP contribution in [0.4, 0.5) is 13.2 Å². The predicted octanol–water partition coefficient (Wildman–Crippen LogP) is 2.48. The highest BCUT2D eigenvalue weighted by Gasteiger charge is 2.49. The van der Waals surface area contributed by atoms with Crippen LogP contribution in [0.3, 0.4) is 0 Å². The van der Waals surface area contributed by atoms with Gasteiger partial charge in [0, 0.05) is 11.5 Å². The second-order valence-corrected chi connectivity index (χ2v) is 4.17. The van der Waals surface area contributed by atoms with Gasteiger partial charge in [-0.2, -0.15) is 0 Å². The second kappa shape index (κ2) is 3.23. The molecule has 0 aliphatic heterocycles. The average molecular weight is 215 g/mol. The van der Waals surface area contributed by atoms with Crippen molar-refractivity contribution in [3.63, 3.8) is 0 Å². The van der Waals surface area contributed by atoms with Crippen molar-refractivity contribution in [2.24, 2.45) is 5.73 Å². The van der Waals surface area contributed by atoms with E-state index in [0.717, 1.165) is 18.9 Å². The Labute approximate surface area is 86.1 Å². The van der Waals surface area contributed by atoms with Crippen molar-refractivity contribution in [2.75, 3.05) is 0 Å². The van der Waals surface area contributed by atoms with Crippen molar-refractivity contribution >= 4 is 0 Å². The van der Waals surface area contributed by atoms with Crippen LogP contribution < -0.4 is 5.73 Å². The van der Waals surface area contributed by atoms with Crippen molar-refractivity contribution in [1.82, 2.24) is 0 Å². The van der Waals surface area contributed by atoms with Crippen LogP contribution in [0.1, 0.15) is 25.3 Å². The maximum atomic E-state index is 13.5. The summed E-state index contributed by atoms with van der Waals surface area (Å²) in [7, 11) is 0. The molecule has 1 nitrogen and oxygen atoms in total. The van der Waals surface area contributed by atoms with Gasteiger partial charge < -0.3 is 5.73 Å². The molecule has 4 heteroatoms. The molecule has 1 saturated carbocycles. The molecule has 1 aromatic rings. The molecule has 0 spiro atoms. The Morgan fingerprint density at radius 1 is 1.20 bits per heavy atom. The molecule has 2 rings (SSSR count). The second-order valence-electron chi connectivity index (χ2n) is 4.17. The Morgan fingerprint density at radius 3 is 2.27 bits per heavy atom. The first-order valence-corrected chi connectivity index (χ1v) is 4.88. The molecule has 82 valence electrons. The van der Waals surface area contributed by atoms with Crippen LogP contribution in [0.2, 0.25) is 0 Å². The van der Waals surface area contributed by atoms with Gasteiger partial charge in [-0.05, 0) is 31.4 Å². The summed E-state index contributed by atoms with van der Waals surface area (Å²) in [5.74, 6) is -3.65. The lowest BCUT2D eigenvalue weighted by Crippen LogP contribution is -2.32. The third-order valence-corrected chi connectivity index (χ3v) is 3.23. The molecule has 1 unspecified atom stereocenters. The molecule has 0 aromatic heterocycles. The molecule has 0 bridgehead atoms. The van der Waals surface area contributed by atoms with Gasteiger partial charge in [0.05, 0.1) is 0 Å². The van der Waals surface area contributed by atoms with E-state index >= 15 is 0 Å². The molecule has 1 aliphatic carbocycles. The Balaban J connectivity index is 2.51. The van der Waals surface area contributed by atoms with Gasteiger partial charge in [-0.25, -0.2) is 13.2 Å². The lowest BCUT2D eigenvalue weighted by atomic mass is 9.89. The quantitative estimate of drug-likeness (QED) is 0.753. The smallest absolute Gasteiger partial charge is 0.194 e. The van der Waals surface area contributed by atoms with E-state index in [4.69, 9.17) is 5.73 Å². The molecule has 0 amide bonds. The minimum atomic E-state index is -1.40. The topological polar surface area (TPSA) is 26.0 Å². The zero-order valence-electron chi connectivity index (χ0n) is 8.36. The molecule has 0 radical (unpaired) electrons. The number of hydrogen-bond donors (Lipinski definition) is 1. The molecular weight excluding hydrogens is 203 g/mol. The zero-order chi connectivity index (χ0) is 11.2. The first-order valence-electron chi connectivity index (χ1n) is 4.88. The van der Waals surface area contributed by atoms with Crippen LogP contribution in [0.5, 0.6) is 0 Å². The highest BCUT2D eigenvalue weighted by Crippen LogP contribution is 2.51. The molecular formula is C11H12F3N.